The van der Waals surface area contributed by atoms with Gasteiger partial charge in [0.15, 0.2) is 27.2 Å². The van der Waals surface area contributed by atoms with Gasteiger partial charge in [0.2, 0.25) is 5.82 Å². The van der Waals surface area contributed by atoms with Crippen molar-refractivity contribution in [3.05, 3.63) is 57.6 Å². The summed E-state index contributed by atoms with van der Waals surface area (Å²) in [7, 11) is -2.82. The van der Waals surface area contributed by atoms with Gasteiger partial charge in [0.25, 0.3) is 0 Å². The number of hydrogen-bond donors (Lipinski definition) is 0. The summed E-state index contributed by atoms with van der Waals surface area (Å²) in [5.41, 5.74) is -3.33. The zero-order valence-corrected chi connectivity index (χ0v) is 15.2. The van der Waals surface area contributed by atoms with Crippen molar-refractivity contribution in [3.8, 4) is 5.75 Å². The molecule has 0 N–H and O–H groups in total. The molecule has 0 aliphatic carbocycles. The molecule has 2 aromatic rings. The molecule has 146 valence electrons. The molecule has 11 heteroatoms. The normalized spacial score (nSPS) is 12.1. The SMILES string of the molecule is COc1c(C(=O)c2ccc(S(C)(=O)=O)cc2Cl)cc(C(F)(F)F)c(F)c1F. The first-order chi connectivity index (χ1) is 12.3. The summed E-state index contributed by atoms with van der Waals surface area (Å²) in [5, 5.41) is -0.400. The molecule has 4 nitrogen and oxygen atoms in total. The highest BCUT2D eigenvalue weighted by atomic mass is 35.5. The number of methoxy groups -OCH3 is 1. The van der Waals surface area contributed by atoms with E-state index in [4.69, 9.17) is 11.6 Å². The van der Waals surface area contributed by atoms with E-state index in [9.17, 15) is 35.2 Å². The van der Waals surface area contributed by atoms with E-state index in [-0.39, 0.29) is 11.0 Å². The summed E-state index contributed by atoms with van der Waals surface area (Å²) in [6, 6.07) is 2.99. The maximum Gasteiger partial charge on any atom is 0.419 e. The average Bonchev–Trinajstić information content (AvgIpc) is 2.54. The van der Waals surface area contributed by atoms with Crippen LogP contribution < -0.4 is 4.74 Å². The van der Waals surface area contributed by atoms with Gasteiger partial charge in [-0.1, -0.05) is 11.6 Å². The van der Waals surface area contributed by atoms with Gasteiger partial charge in [-0.2, -0.15) is 17.6 Å². The van der Waals surface area contributed by atoms with Crippen LogP contribution in [-0.2, 0) is 16.0 Å². The van der Waals surface area contributed by atoms with E-state index in [2.05, 4.69) is 4.74 Å². The number of hydrogen-bond acceptors (Lipinski definition) is 4. The molecule has 0 unspecified atom stereocenters. The fourth-order valence-electron chi connectivity index (χ4n) is 2.24. The molecular formula is C16H10ClF5O4S. The molecule has 0 radical (unpaired) electrons. The quantitative estimate of drug-likeness (QED) is 0.538. The molecule has 0 amide bonds. The van der Waals surface area contributed by atoms with Crippen LogP contribution in [-0.4, -0.2) is 27.6 Å². The van der Waals surface area contributed by atoms with E-state index >= 15 is 0 Å². The van der Waals surface area contributed by atoms with Gasteiger partial charge < -0.3 is 4.74 Å². The number of alkyl halides is 3. The van der Waals surface area contributed by atoms with Gasteiger partial charge in [-0.25, -0.2) is 12.8 Å². The number of ketones is 1. The predicted molar refractivity (Wildman–Crippen MR) is 85.9 cm³/mol. The van der Waals surface area contributed by atoms with Crippen molar-refractivity contribution in [1.29, 1.82) is 0 Å². The Balaban J connectivity index is 2.71. The number of ether oxygens (including phenoxy) is 1. The molecule has 0 bridgehead atoms. The predicted octanol–water partition coefficient (Wildman–Crippen LogP) is 4.28. The summed E-state index contributed by atoms with van der Waals surface area (Å²) in [6.07, 6.45) is -4.38. The molecule has 0 aliphatic rings. The Kier molecular flexibility index (Phi) is 5.53. The van der Waals surface area contributed by atoms with Gasteiger partial charge in [-0.15, -0.1) is 0 Å². The minimum atomic E-state index is -5.27. The van der Waals surface area contributed by atoms with Gasteiger partial charge in [0.1, 0.15) is 0 Å². The monoisotopic (exact) mass is 428 g/mol. The molecule has 0 fully saturated rings. The van der Waals surface area contributed by atoms with Gasteiger partial charge in [-0.3, -0.25) is 4.79 Å². The second-order valence-corrected chi connectivity index (χ2v) is 7.80. The fourth-order valence-corrected chi connectivity index (χ4v) is 3.22. The molecule has 0 heterocycles. The Morgan fingerprint density at radius 2 is 1.67 bits per heavy atom. The van der Waals surface area contributed by atoms with Crippen LogP contribution in [0.1, 0.15) is 21.5 Å². The molecular weight excluding hydrogens is 419 g/mol. The Morgan fingerprint density at radius 3 is 2.11 bits per heavy atom. The highest BCUT2D eigenvalue weighted by Gasteiger charge is 2.39. The van der Waals surface area contributed by atoms with Gasteiger partial charge in [0, 0.05) is 11.8 Å². The standard InChI is InChI=1S/C16H10ClF5O4S/c1-26-15-9(6-10(16(20,21)22)12(18)13(15)19)14(23)8-4-3-7(5-11(8)17)27(2,24)25/h3-6H,1-2H3. The highest BCUT2D eigenvalue weighted by Crippen LogP contribution is 2.38. The molecule has 2 aromatic carbocycles. The second kappa shape index (κ2) is 7.08. The van der Waals surface area contributed by atoms with Crippen LogP contribution in [0.25, 0.3) is 0 Å². The Hall–Kier alpha value is -2.20. The number of carbonyl (C=O) groups excluding carboxylic acids is 1. The lowest BCUT2D eigenvalue weighted by Gasteiger charge is -2.15. The van der Waals surface area contributed by atoms with Gasteiger partial charge in [-0.05, 0) is 24.3 Å². The van der Waals surface area contributed by atoms with Gasteiger partial charge in [0.05, 0.1) is 28.2 Å². The Labute approximate surface area is 155 Å². The van der Waals surface area contributed by atoms with E-state index in [1.54, 1.807) is 0 Å². The summed E-state index contributed by atoms with van der Waals surface area (Å²) in [5.74, 6) is -6.44. The second-order valence-electron chi connectivity index (χ2n) is 5.37. The number of sulfone groups is 1. The lowest BCUT2D eigenvalue weighted by molar-refractivity contribution is -0.140. The van der Waals surface area contributed by atoms with Crippen molar-refractivity contribution in [1.82, 2.24) is 0 Å². The third kappa shape index (κ3) is 4.06. The van der Waals surface area contributed by atoms with E-state index in [1.165, 1.54) is 0 Å². The third-order valence-electron chi connectivity index (χ3n) is 3.53. The highest BCUT2D eigenvalue weighted by molar-refractivity contribution is 7.90. The molecule has 0 aliphatic heterocycles. The van der Waals surface area contributed by atoms with E-state index in [0.29, 0.717) is 0 Å². The van der Waals surface area contributed by atoms with E-state index in [1.807, 2.05) is 0 Å². The minimum absolute atomic E-state index is 0.111. The Bertz CT molecular complexity index is 1030. The van der Waals surface area contributed by atoms with Crippen molar-refractivity contribution < 1.29 is 39.9 Å². The molecule has 0 saturated carbocycles. The van der Waals surface area contributed by atoms with Crippen molar-refractivity contribution in [2.24, 2.45) is 0 Å². The first kappa shape index (κ1) is 21.1. The Morgan fingerprint density at radius 1 is 1.07 bits per heavy atom. The van der Waals surface area contributed by atoms with Crippen LogP contribution in [0.2, 0.25) is 5.02 Å². The number of benzene rings is 2. The summed E-state index contributed by atoms with van der Waals surface area (Å²) < 4.78 is 94.0. The summed E-state index contributed by atoms with van der Waals surface area (Å²) in [4.78, 5) is 12.3. The topological polar surface area (TPSA) is 60.4 Å². The maximum absolute atomic E-state index is 14.0. The number of halogens is 6. The molecule has 0 aromatic heterocycles. The van der Waals surface area contributed by atoms with E-state index in [0.717, 1.165) is 31.6 Å². The number of carbonyl (C=O) groups is 1. The van der Waals surface area contributed by atoms with Crippen molar-refractivity contribution in [2.75, 3.05) is 13.4 Å². The van der Waals surface area contributed by atoms with Crippen LogP contribution in [0.5, 0.6) is 5.75 Å². The van der Waals surface area contributed by atoms with Crippen LogP contribution >= 0.6 is 11.6 Å². The molecule has 0 saturated heterocycles. The zero-order valence-electron chi connectivity index (χ0n) is 13.6. The molecule has 0 atom stereocenters. The van der Waals surface area contributed by atoms with Crippen LogP contribution in [0.4, 0.5) is 22.0 Å². The van der Waals surface area contributed by atoms with E-state index < -0.39 is 60.9 Å². The smallest absolute Gasteiger partial charge is 0.419 e. The largest absolute Gasteiger partial charge is 0.493 e. The van der Waals surface area contributed by atoms with Crippen molar-refractivity contribution >= 4 is 27.2 Å². The zero-order chi connectivity index (χ0) is 20.7. The van der Waals surface area contributed by atoms with Crippen molar-refractivity contribution in [3.63, 3.8) is 0 Å². The minimum Gasteiger partial charge on any atom is -0.493 e. The fraction of sp³-hybridized carbons (Fsp3) is 0.188. The first-order valence-electron chi connectivity index (χ1n) is 6.96. The average molecular weight is 429 g/mol. The molecule has 27 heavy (non-hydrogen) atoms. The maximum atomic E-state index is 14.0. The summed E-state index contributed by atoms with van der Waals surface area (Å²) in [6.45, 7) is 0. The van der Waals surface area contributed by atoms with Crippen LogP contribution in [0.15, 0.2) is 29.2 Å². The number of rotatable bonds is 4. The van der Waals surface area contributed by atoms with Crippen LogP contribution in [0, 0.1) is 11.6 Å². The van der Waals surface area contributed by atoms with Gasteiger partial charge >= 0.3 is 6.18 Å². The molecule has 0 spiro atoms. The summed E-state index contributed by atoms with van der Waals surface area (Å²) >= 11 is 5.86. The first-order valence-corrected chi connectivity index (χ1v) is 9.23. The van der Waals surface area contributed by atoms with Crippen LogP contribution in [0.3, 0.4) is 0 Å². The lowest BCUT2D eigenvalue weighted by Crippen LogP contribution is -2.15. The van der Waals surface area contributed by atoms with Crippen molar-refractivity contribution in [2.45, 2.75) is 11.1 Å². The lowest BCUT2D eigenvalue weighted by atomic mass is 9.99. The molecule has 2 rings (SSSR count). The third-order valence-corrected chi connectivity index (χ3v) is 4.95.